The van der Waals surface area contributed by atoms with Crippen LogP contribution in [0, 0.1) is 0 Å². The summed E-state index contributed by atoms with van der Waals surface area (Å²) in [4.78, 5) is 20.0. The molecular weight excluding hydrogens is 386 g/mol. The van der Waals surface area contributed by atoms with Crippen molar-refractivity contribution >= 4 is 27.6 Å². The lowest BCUT2D eigenvalue weighted by molar-refractivity contribution is 0.0342. The molecule has 156 valence electrons. The second-order valence-electron chi connectivity index (χ2n) is 7.94. The van der Waals surface area contributed by atoms with E-state index in [1.165, 1.54) is 5.56 Å². The number of ether oxygens (including phenoxy) is 1. The minimum absolute atomic E-state index is 0.104. The van der Waals surface area contributed by atoms with Gasteiger partial charge < -0.3 is 10.1 Å². The lowest BCUT2D eigenvalue weighted by Crippen LogP contribution is -2.35. The number of hydrogen-bond donors (Lipinski definition) is 1. The number of carbonyl (C=O) groups is 1. The van der Waals surface area contributed by atoms with Crippen LogP contribution in [-0.4, -0.2) is 42.1 Å². The van der Waals surface area contributed by atoms with E-state index < -0.39 is 0 Å². The zero-order chi connectivity index (χ0) is 21.0. The van der Waals surface area contributed by atoms with Gasteiger partial charge in [-0.25, -0.2) is 0 Å². The van der Waals surface area contributed by atoms with Crippen LogP contribution in [0.15, 0.2) is 72.9 Å². The third-order valence-electron chi connectivity index (χ3n) is 5.81. The highest BCUT2D eigenvalue weighted by Gasteiger charge is 2.14. The van der Waals surface area contributed by atoms with Crippen molar-refractivity contribution in [1.82, 2.24) is 15.2 Å². The van der Waals surface area contributed by atoms with E-state index >= 15 is 0 Å². The molecule has 1 aliphatic rings. The Balaban J connectivity index is 1.35. The molecule has 2 heterocycles. The van der Waals surface area contributed by atoms with E-state index in [0.717, 1.165) is 60.1 Å². The van der Waals surface area contributed by atoms with Crippen LogP contribution in [0.5, 0.6) is 0 Å². The Bertz CT molecular complexity index is 1230. The molecule has 0 atom stereocenters. The average Bonchev–Trinajstić information content (AvgIpc) is 2.83. The van der Waals surface area contributed by atoms with Gasteiger partial charge in [-0.15, -0.1) is 0 Å². The molecule has 4 aromatic rings. The minimum Gasteiger partial charge on any atom is -0.379 e. The van der Waals surface area contributed by atoms with Crippen molar-refractivity contribution in [2.45, 2.75) is 13.1 Å². The van der Waals surface area contributed by atoms with E-state index in [4.69, 9.17) is 4.74 Å². The van der Waals surface area contributed by atoms with E-state index in [0.29, 0.717) is 12.1 Å². The number of rotatable bonds is 5. The average molecular weight is 412 g/mol. The first-order valence-corrected chi connectivity index (χ1v) is 10.7. The van der Waals surface area contributed by atoms with Crippen LogP contribution in [0.25, 0.3) is 21.7 Å². The highest BCUT2D eigenvalue weighted by atomic mass is 16.5. The SMILES string of the molecule is O=C(NCc1cccc(CN2CCOCC2)c1)c1cc2ccccc2c2cccnc12. The smallest absolute Gasteiger partial charge is 0.253 e. The van der Waals surface area contributed by atoms with E-state index in [2.05, 4.69) is 45.5 Å². The molecule has 1 aromatic heterocycles. The predicted octanol–water partition coefficient (Wildman–Crippen LogP) is 4.15. The standard InChI is InChI=1S/C26H25N3O2/c30-26(24-16-21-7-1-2-8-22(21)23-9-4-10-27-25(23)24)28-17-19-5-3-6-20(15-19)18-29-11-13-31-14-12-29/h1-10,15-16H,11-14,17-18H2,(H,28,30). The van der Waals surface area contributed by atoms with E-state index in [-0.39, 0.29) is 5.91 Å². The number of nitrogens with one attached hydrogen (secondary N) is 1. The van der Waals surface area contributed by atoms with Gasteiger partial charge in [-0.3, -0.25) is 14.7 Å². The van der Waals surface area contributed by atoms with Crippen molar-refractivity contribution in [2.24, 2.45) is 0 Å². The van der Waals surface area contributed by atoms with E-state index in [9.17, 15) is 4.79 Å². The maximum atomic E-state index is 13.1. The summed E-state index contributed by atoms with van der Waals surface area (Å²) >= 11 is 0. The first kappa shape index (κ1) is 19.7. The second-order valence-corrected chi connectivity index (χ2v) is 7.94. The zero-order valence-corrected chi connectivity index (χ0v) is 17.4. The van der Waals surface area contributed by atoms with Crippen LogP contribution < -0.4 is 5.32 Å². The molecule has 1 saturated heterocycles. The molecule has 0 aliphatic carbocycles. The fraction of sp³-hybridized carbons (Fsp3) is 0.231. The van der Waals surface area contributed by atoms with Crippen molar-refractivity contribution in [1.29, 1.82) is 0 Å². The monoisotopic (exact) mass is 411 g/mol. The summed E-state index contributed by atoms with van der Waals surface area (Å²) in [5.74, 6) is -0.104. The first-order chi connectivity index (χ1) is 15.3. The summed E-state index contributed by atoms with van der Waals surface area (Å²) in [6, 6.07) is 22.4. The molecule has 5 nitrogen and oxygen atoms in total. The number of aromatic nitrogens is 1. The Labute approximate surface area is 181 Å². The summed E-state index contributed by atoms with van der Waals surface area (Å²) in [6.45, 7) is 4.90. The van der Waals surface area contributed by atoms with Crippen molar-refractivity contribution in [2.75, 3.05) is 26.3 Å². The number of hydrogen-bond acceptors (Lipinski definition) is 4. The maximum absolute atomic E-state index is 13.1. The molecule has 0 radical (unpaired) electrons. The summed E-state index contributed by atoms with van der Waals surface area (Å²) in [6.07, 6.45) is 1.74. The van der Waals surface area contributed by atoms with Gasteiger partial charge in [-0.2, -0.15) is 0 Å². The molecule has 1 amide bonds. The van der Waals surface area contributed by atoms with Crippen LogP contribution >= 0.6 is 0 Å². The predicted molar refractivity (Wildman–Crippen MR) is 123 cm³/mol. The van der Waals surface area contributed by atoms with Crippen LogP contribution in [0.4, 0.5) is 0 Å². The fourth-order valence-corrected chi connectivity index (χ4v) is 4.24. The van der Waals surface area contributed by atoms with Gasteiger partial charge in [-0.1, -0.05) is 54.6 Å². The Kier molecular flexibility index (Phi) is 5.61. The third-order valence-corrected chi connectivity index (χ3v) is 5.81. The fourth-order valence-electron chi connectivity index (χ4n) is 4.24. The zero-order valence-electron chi connectivity index (χ0n) is 17.4. The van der Waals surface area contributed by atoms with Gasteiger partial charge in [0.2, 0.25) is 0 Å². The van der Waals surface area contributed by atoms with Crippen molar-refractivity contribution in [3.63, 3.8) is 0 Å². The highest BCUT2D eigenvalue weighted by molar-refractivity contribution is 6.15. The highest BCUT2D eigenvalue weighted by Crippen LogP contribution is 2.27. The molecule has 0 bridgehead atoms. The maximum Gasteiger partial charge on any atom is 0.253 e. The van der Waals surface area contributed by atoms with Crippen LogP contribution in [-0.2, 0) is 17.8 Å². The largest absolute Gasteiger partial charge is 0.379 e. The number of morpholine rings is 1. The molecular formula is C26H25N3O2. The number of pyridine rings is 1. The van der Waals surface area contributed by atoms with Gasteiger partial charge in [-0.05, 0) is 34.0 Å². The summed E-state index contributed by atoms with van der Waals surface area (Å²) in [5.41, 5.74) is 3.70. The minimum atomic E-state index is -0.104. The molecule has 31 heavy (non-hydrogen) atoms. The van der Waals surface area contributed by atoms with Gasteiger partial charge in [0.05, 0.1) is 24.3 Å². The quantitative estimate of drug-likeness (QED) is 0.501. The van der Waals surface area contributed by atoms with Crippen molar-refractivity contribution < 1.29 is 9.53 Å². The van der Waals surface area contributed by atoms with E-state index in [1.807, 2.05) is 36.4 Å². The number of carbonyl (C=O) groups excluding carboxylic acids is 1. The molecule has 1 fully saturated rings. The Hall–Kier alpha value is -3.28. The number of fused-ring (bicyclic) bond motifs is 3. The molecule has 0 spiro atoms. The summed E-state index contributed by atoms with van der Waals surface area (Å²) in [7, 11) is 0. The number of amides is 1. The van der Waals surface area contributed by atoms with Crippen molar-refractivity contribution in [3.8, 4) is 0 Å². The topological polar surface area (TPSA) is 54.5 Å². The molecule has 5 heteroatoms. The lowest BCUT2D eigenvalue weighted by atomic mass is 10.0. The van der Waals surface area contributed by atoms with Gasteiger partial charge in [0, 0.05) is 37.8 Å². The normalized spacial score (nSPS) is 14.7. The van der Waals surface area contributed by atoms with E-state index in [1.54, 1.807) is 6.20 Å². The van der Waals surface area contributed by atoms with Gasteiger partial charge in [0.25, 0.3) is 5.91 Å². The summed E-state index contributed by atoms with van der Waals surface area (Å²) < 4.78 is 5.43. The first-order valence-electron chi connectivity index (χ1n) is 10.7. The number of nitrogens with zero attached hydrogens (tertiary/aromatic N) is 2. The van der Waals surface area contributed by atoms with Gasteiger partial charge >= 0.3 is 0 Å². The summed E-state index contributed by atoms with van der Waals surface area (Å²) in [5, 5.41) is 6.24. The molecule has 0 saturated carbocycles. The van der Waals surface area contributed by atoms with Gasteiger partial charge in [0.15, 0.2) is 0 Å². The van der Waals surface area contributed by atoms with Gasteiger partial charge in [0.1, 0.15) is 0 Å². The van der Waals surface area contributed by atoms with Crippen LogP contribution in [0.3, 0.4) is 0 Å². The molecule has 5 rings (SSSR count). The van der Waals surface area contributed by atoms with Crippen molar-refractivity contribution in [3.05, 3.63) is 89.6 Å². The van der Waals surface area contributed by atoms with Crippen LogP contribution in [0.2, 0.25) is 0 Å². The molecule has 1 N–H and O–H groups in total. The second kappa shape index (κ2) is 8.84. The lowest BCUT2D eigenvalue weighted by Gasteiger charge is -2.26. The number of benzene rings is 3. The van der Waals surface area contributed by atoms with Crippen LogP contribution in [0.1, 0.15) is 21.5 Å². The Morgan fingerprint density at radius 1 is 0.935 bits per heavy atom. The molecule has 0 unspecified atom stereocenters. The molecule has 3 aromatic carbocycles. The molecule has 1 aliphatic heterocycles. The Morgan fingerprint density at radius 3 is 2.65 bits per heavy atom. The third kappa shape index (κ3) is 4.29. The Morgan fingerprint density at radius 2 is 1.74 bits per heavy atom.